The summed E-state index contributed by atoms with van der Waals surface area (Å²) in [5, 5.41) is 3.54. The van der Waals surface area contributed by atoms with Gasteiger partial charge < -0.3 is 10.2 Å². The Labute approximate surface area is 114 Å². The number of amides is 1. The highest BCUT2D eigenvalue weighted by Crippen LogP contribution is 2.25. The number of hydrogen-bond donors (Lipinski definition) is 1. The van der Waals surface area contributed by atoms with E-state index in [4.69, 9.17) is 0 Å². The van der Waals surface area contributed by atoms with E-state index in [1.54, 1.807) is 12.4 Å². The Kier molecular flexibility index (Phi) is 3.78. The molecule has 1 N–H and O–H groups in total. The maximum absolute atomic E-state index is 12.5. The van der Waals surface area contributed by atoms with E-state index in [2.05, 4.69) is 15.2 Å². The third kappa shape index (κ3) is 2.78. The van der Waals surface area contributed by atoms with E-state index in [0.717, 1.165) is 31.5 Å². The van der Waals surface area contributed by atoms with Crippen molar-refractivity contribution in [3.05, 3.63) is 30.1 Å². The first-order chi connectivity index (χ1) is 9.34. The van der Waals surface area contributed by atoms with Crippen molar-refractivity contribution in [3.8, 4) is 0 Å². The number of pyridine rings is 1. The van der Waals surface area contributed by atoms with Gasteiger partial charge in [0, 0.05) is 31.0 Å². The minimum absolute atomic E-state index is 0.254. The van der Waals surface area contributed by atoms with Gasteiger partial charge >= 0.3 is 0 Å². The molecule has 2 aliphatic heterocycles. The molecule has 2 aliphatic rings. The molecule has 2 fully saturated rings. The molecule has 3 heterocycles. The first kappa shape index (κ1) is 12.6. The summed E-state index contributed by atoms with van der Waals surface area (Å²) in [5.41, 5.74) is 1.01. The number of nitrogens with one attached hydrogen (secondary N) is 1. The summed E-state index contributed by atoms with van der Waals surface area (Å²) in [6.45, 7) is 2.02. The molecule has 1 aromatic heterocycles. The maximum Gasteiger partial charge on any atom is 0.227 e. The van der Waals surface area contributed by atoms with Crippen LogP contribution in [0.3, 0.4) is 0 Å². The predicted octanol–water partition coefficient (Wildman–Crippen LogP) is 1.37. The van der Waals surface area contributed by atoms with E-state index in [1.807, 2.05) is 12.1 Å². The fourth-order valence-electron chi connectivity index (χ4n) is 3.34. The van der Waals surface area contributed by atoms with Crippen molar-refractivity contribution in [2.75, 3.05) is 13.1 Å². The Morgan fingerprint density at radius 3 is 3.11 bits per heavy atom. The quantitative estimate of drug-likeness (QED) is 0.891. The molecule has 2 atom stereocenters. The molecule has 3 rings (SSSR count). The van der Waals surface area contributed by atoms with E-state index < -0.39 is 0 Å². The molecule has 19 heavy (non-hydrogen) atoms. The first-order valence-electron chi connectivity index (χ1n) is 7.26. The van der Waals surface area contributed by atoms with Crippen molar-refractivity contribution in [1.29, 1.82) is 0 Å². The van der Waals surface area contributed by atoms with Gasteiger partial charge in [0.05, 0.1) is 6.42 Å². The van der Waals surface area contributed by atoms with Crippen LogP contribution in [0.25, 0.3) is 0 Å². The van der Waals surface area contributed by atoms with Crippen molar-refractivity contribution >= 4 is 5.91 Å². The Morgan fingerprint density at radius 1 is 1.42 bits per heavy atom. The number of rotatable bonds is 3. The molecule has 102 valence electrons. The fourth-order valence-corrected chi connectivity index (χ4v) is 3.34. The molecule has 2 unspecified atom stereocenters. The van der Waals surface area contributed by atoms with Crippen LogP contribution in [-0.2, 0) is 11.2 Å². The van der Waals surface area contributed by atoms with Crippen LogP contribution in [0.1, 0.15) is 31.2 Å². The highest BCUT2D eigenvalue weighted by atomic mass is 16.2. The maximum atomic E-state index is 12.5. The van der Waals surface area contributed by atoms with Gasteiger partial charge in [-0.1, -0.05) is 6.07 Å². The van der Waals surface area contributed by atoms with Crippen LogP contribution >= 0.6 is 0 Å². The third-order valence-corrected chi connectivity index (χ3v) is 4.26. The van der Waals surface area contributed by atoms with Crippen LogP contribution < -0.4 is 5.32 Å². The van der Waals surface area contributed by atoms with Crippen molar-refractivity contribution in [3.63, 3.8) is 0 Å². The third-order valence-electron chi connectivity index (χ3n) is 4.26. The van der Waals surface area contributed by atoms with E-state index >= 15 is 0 Å². The average Bonchev–Trinajstić information content (AvgIpc) is 3.10. The van der Waals surface area contributed by atoms with Gasteiger partial charge in [-0.15, -0.1) is 0 Å². The lowest BCUT2D eigenvalue weighted by molar-refractivity contribution is -0.131. The molecule has 2 saturated heterocycles. The molecule has 0 saturated carbocycles. The van der Waals surface area contributed by atoms with Crippen LogP contribution in [0.4, 0.5) is 0 Å². The molecule has 1 aromatic rings. The zero-order chi connectivity index (χ0) is 13.1. The van der Waals surface area contributed by atoms with Gasteiger partial charge in [-0.2, -0.15) is 0 Å². The fraction of sp³-hybridized carbons (Fsp3) is 0.600. The molecule has 0 aliphatic carbocycles. The smallest absolute Gasteiger partial charge is 0.227 e. The number of carbonyl (C=O) groups is 1. The topological polar surface area (TPSA) is 45.2 Å². The SMILES string of the molecule is O=C(Cc1cccnc1)N1CCCC1C1CCCN1. The van der Waals surface area contributed by atoms with Crippen molar-refractivity contribution in [2.45, 2.75) is 44.2 Å². The van der Waals surface area contributed by atoms with Crippen molar-refractivity contribution < 1.29 is 4.79 Å². The van der Waals surface area contributed by atoms with E-state index in [9.17, 15) is 4.79 Å². The van der Waals surface area contributed by atoms with Gasteiger partial charge in [-0.3, -0.25) is 9.78 Å². The Balaban J connectivity index is 1.65. The van der Waals surface area contributed by atoms with E-state index in [0.29, 0.717) is 18.5 Å². The molecule has 4 heteroatoms. The predicted molar refractivity (Wildman–Crippen MR) is 73.7 cm³/mol. The van der Waals surface area contributed by atoms with Gasteiger partial charge in [-0.05, 0) is 43.9 Å². The zero-order valence-electron chi connectivity index (χ0n) is 11.2. The van der Waals surface area contributed by atoms with Crippen LogP contribution in [0.15, 0.2) is 24.5 Å². The molecular formula is C15H21N3O. The lowest BCUT2D eigenvalue weighted by atomic mass is 10.0. The lowest BCUT2D eigenvalue weighted by Gasteiger charge is -2.29. The van der Waals surface area contributed by atoms with Crippen LogP contribution in [0, 0.1) is 0 Å². The standard InChI is InChI=1S/C15H21N3O/c19-15(10-12-4-1-7-16-11-12)18-9-3-6-14(18)13-5-2-8-17-13/h1,4,7,11,13-14,17H,2-3,5-6,8-10H2. The largest absolute Gasteiger partial charge is 0.338 e. The molecule has 0 radical (unpaired) electrons. The highest BCUT2D eigenvalue weighted by Gasteiger charge is 2.35. The summed E-state index contributed by atoms with van der Waals surface area (Å²) in [6, 6.07) is 4.79. The number of hydrogen-bond acceptors (Lipinski definition) is 3. The van der Waals surface area contributed by atoms with Crippen molar-refractivity contribution in [1.82, 2.24) is 15.2 Å². The van der Waals surface area contributed by atoms with Gasteiger partial charge in [0.25, 0.3) is 0 Å². The van der Waals surface area contributed by atoms with Gasteiger partial charge in [0.2, 0.25) is 5.91 Å². The average molecular weight is 259 g/mol. The second-order valence-corrected chi connectivity index (χ2v) is 5.54. The Bertz CT molecular complexity index is 428. The minimum Gasteiger partial charge on any atom is -0.338 e. The molecular weight excluding hydrogens is 238 g/mol. The summed E-state index contributed by atoms with van der Waals surface area (Å²) < 4.78 is 0. The van der Waals surface area contributed by atoms with E-state index in [1.165, 1.54) is 12.8 Å². The number of aromatic nitrogens is 1. The second-order valence-electron chi connectivity index (χ2n) is 5.54. The summed E-state index contributed by atoms with van der Waals surface area (Å²) in [5.74, 6) is 0.254. The van der Waals surface area contributed by atoms with Crippen LogP contribution in [0.5, 0.6) is 0 Å². The molecule has 0 bridgehead atoms. The lowest BCUT2D eigenvalue weighted by Crippen LogP contribution is -2.47. The molecule has 0 spiro atoms. The zero-order valence-corrected chi connectivity index (χ0v) is 11.2. The summed E-state index contributed by atoms with van der Waals surface area (Å²) in [7, 11) is 0. The Morgan fingerprint density at radius 2 is 2.37 bits per heavy atom. The number of likely N-dealkylation sites (tertiary alicyclic amines) is 1. The highest BCUT2D eigenvalue weighted by molar-refractivity contribution is 5.79. The summed E-state index contributed by atoms with van der Waals surface area (Å²) >= 11 is 0. The van der Waals surface area contributed by atoms with Crippen LogP contribution in [0.2, 0.25) is 0 Å². The summed E-state index contributed by atoms with van der Waals surface area (Å²) in [4.78, 5) is 18.6. The monoisotopic (exact) mass is 259 g/mol. The first-order valence-corrected chi connectivity index (χ1v) is 7.26. The van der Waals surface area contributed by atoms with Crippen molar-refractivity contribution in [2.24, 2.45) is 0 Å². The van der Waals surface area contributed by atoms with E-state index in [-0.39, 0.29) is 5.91 Å². The minimum atomic E-state index is 0.254. The van der Waals surface area contributed by atoms with Crippen LogP contribution in [-0.4, -0.2) is 41.0 Å². The number of nitrogens with zero attached hydrogens (tertiary/aromatic N) is 2. The summed E-state index contributed by atoms with van der Waals surface area (Å²) in [6.07, 6.45) is 8.76. The van der Waals surface area contributed by atoms with Gasteiger partial charge in [0.15, 0.2) is 0 Å². The molecule has 0 aromatic carbocycles. The van der Waals surface area contributed by atoms with Gasteiger partial charge in [-0.25, -0.2) is 0 Å². The van der Waals surface area contributed by atoms with Gasteiger partial charge in [0.1, 0.15) is 0 Å². The molecule has 4 nitrogen and oxygen atoms in total. The Hall–Kier alpha value is -1.42. The normalized spacial score (nSPS) is 26.8. The number of carbonyl (C=O) groups excluding carboxylic acids is 1. The molecule has 1 amide bonds. The second kappa shape index (κ2) is 5.70.